The number of pyridine rings is 1. The Bertz CT molecular complexity index is 561. The number of anilines is 1. The van der Waals surface area contributed by atoms with Gasteiger partial charge in [-0.05, 0) is 45.4 Å². The molecule has 1 unspecified atom stereocenters. The van der Waals surface area contributed by atoms with E-state index in [4.69, 9.17) is 15.6 Å². The van der Waals surface area contributed by atoms with Crippen molar-refractivity contribution < 1.29 is 9.84 Å². The van der Waals surface area contributed by atoms with Crippen LogP contribution in [0.25, 0.3) is 10.9 Å². The van der Waals surface area contributed by atoms with Gasteiger partial charge in [-0.15, -0.1) is 0 Å². The monoisotopic (exact) mass is 305 g/mol. The molecule has 1 atom stereocenters. The Kier molecular flexibility index (Phi) is 8.25. The molecule has 22 heavy (non-hydrogen) atoms. The Morgan fingerprint density at radius 3 is 2.77 bits per heavy atom. The molecule has 0 radical (unpaired) electrons. The molecule has 0 aliphatic rings. The molecule has 4 N–H and O–H groups in total. The van der Waals surface area contributed by atoms with Gasteiger partial charge in [0, 0.05) is 30.3 Å². The van der Waals surface area contributed by atoms with Gasteiger partial charge in [0.25, 0.3) is 0 Å². The van der Waals surface area contributed by atoms with Crippen molar-refractivity contribution in [3.05, 3.63) is 30.5 Å². The highest BCUT2D eigenvalue weighted by Crippen LogP contribution is 2.28. The lowest BCUT2D eigenvalue weighted by Crippen LogP contribution is -2.17. The summed E-state index contributed by atoms with van der Waals surface area (Å²) in [6.45, 7) is 4.81. The summed E-state index contributed by atoms with van der Waals surface area (Å²) in [4.78, 5) is 4.45. The molecule has 5 nitrogen and oxygen atoms in total. The van der Waals surface area contributed by atoms with Crippen molar-refractivity contribution in [3.8, 4) is 5.75 Å². The van der Waals surface area contributed by atoms with E-state index in [0.29, 0.717) is 6.04 Å². The molecular formula is C17H27N3O2. The Morgan fingerprint density at radius 1 is 1.41 bits per heavy atom. The number of nitrogens with zero attached hydrogens (tertiary/aromatic N) is 1. The molecule has 0 amide bonds. The smallest absolute Gasteiger partial charge is 0.121 e. The number of nitrogens with two attached hydrogens (primary N) is 1. The number of methoxy groups -OCH3 is 1. The lowest BCUT2D eigenvalue weighted by atomic mass is 10.1. The van der Waals surface area contributed by atoms with E-state index in [2.05, 4.69) is 17.2 Å². The second-order valence-electron chi connectivity index (χ2n) is 5.04. The topological polar surface area (TPSA) is 80.4 Å². The molecule has 0 aliphatic carbocycles. The van der Waals surface area contributed by atoms with E-state index in [1.54, 1.807) is 14.0 Å². The van der Waals surface area contributed by atoms with E-state index in [1.165, 1.54) is 0 Å². The average Bonchev–Trinajstić information content (AvgIpc) is 2.53. The first-order chi connectivity index (χ1) is 10.7. The minimum Gasteiger partial charge on any atom is -0.497 e. The van der Waals surface area contributed by atoms with Gasteiger partial charge in [-0.3, -0.25) is 4.98 Å². The summed E-state index contributed by atoms with van der Waals surface area (Å²) >= 11 is 0. The number of aliphatic hydroxyl groups excluding tert-OH is 1. The second kappa shape index (κ2) is 9.97. The first-order valence-corrected chi connectivity index (χ1v) is 7.66. The quantitative estimate of drug-likeness (QED) is 0.764. The van der Waals surface area contributed by atoms with Gasteiger partial charge in [-0.2, -0.15) is 0 Å². The Labute approximate surface area is 132 Å². The summed E-state index contributed by atoms with van der Waals surface area (Å²) < 4.78 is 5.34. The third kappa shape index (κ3) is 5.50. The molecular weight excluding hydrogens is 278 g/mol. The minimum absolute atomic E-state index is 0.250. The maximum absolute atomic E-state index is 7.57. The van der Waals surface area contributed by atoms with Crippen molar-refractivity contribution in [1.82, 2.24) is 4.98 Å². The summed E-state index contributed by atoms with van der Waals surface area (Å²) in [5.74, 6) is 0.842. The molecule has 0 saturated heterocycles. The van der Waals surface area contributed by atoms with Crippen molar-refractivity contribution >= 4 is 16.6 Å². The Balaban J connectivity index is 0.000000745. The molecule has 2 aromatic rings. The van der Waals surface area contributed by atoms with Crippen LogP contribution in [-0.2, 0) is 0 Å². The van der Waals surface area contributed by atoms with Crippen LogP contribution in [0.2, 0.25) is 0 Å². The summed E-state index contributed by atoms with van der Waals surface area (Å²) in [5, 5.41) is 12.1. The van der Waals surface area contributed by atoms with Crippen molar-refractivity contribution in [2.45, 2.75) is 32.7 Å². The van der Waals surface area contributed by atoms with E-state index in [-0.39, 0.29) is 6.61 Å². The molecule has 2 rings (SSSR count). The number of rotatable bonds is 6. The molecule has 0 bridgehead atoms. The highest BCUT2D eigenvalue weighted by Gasteiger charge is 2.08. The number of ether oxygens (including phenoxy) is 1. The fourth-order valence-corrected chi connectivity index (χ4v) is 2.15. The van der Waals surface area contributed by atoms with Gasteiger partial charge in [-0.1, -0.05) is 6.07 Å². The maximum atomic E-state index is 7.57. The number of nitrogens with one attached hydrogen (secondary N) is 1. The van der Waals surface area contributed by atoms with Crippen LogP contribution in [0, 0.1) is 0 Å². The van der Waals surface area contributed by atoms with Crippen LogP contribution in [0.5, 0.6) is 5.75 Å². The zero-order valence-electron chi connectivity index (χ0n) is 13.7. The second-order valence-corrected chi connectivity index (χ2v) is 5.04. The van der Waals surface area contributed by atoms with E-state index >= 15 is 0 Å². The number of fused-ring (bicyclic) bond motifs is 1. The van der Waals surface area contributed by atoms with Gasteiger partial charge < -0.3 is 20.9 Å². The number of aromatic nitrogens is 1. The summed E-state index contributed by atoms with van der Waals surface area (Å²) in [5.41, 5.74) is 7.53. The number of hydrogen-bond donors (Lipinski definition) is 3. The lowest BCUT2D eigenvalue weighted by Gasteiger charge is -2.17. The van der Waals surface area contributed by atoms with E-state index < -0.39 is 0 Å². The van der Waals surface area contributed by atoms with Crippen LogP contribution in [0.3, 0.4) is 0 Å². The number of aliphatic hydroxyl groups is 1. The normalized spacial score (nSPS) is 11.5. The van der Waals surface area contributed by atoms with Crippen LogP contribution in [0.15, 0.2) is 30.5 Å². The van der Waals surface area contributed by atoms with Crippen LogP contribution in [0.4, 0.5) is 5.69 Å². The fourth-order valence-electron chi connectivity index (χ4n) is 2.15. The largest absolute Gasteiger partial charge is 0.497 e. The summed E-state index contributed by atoms with van der Waals surface area (Å²) in [6, 6.07) is 8.33. The van der Waals surface area contributed by atoms with Gasteiger partial charge in [0.15, 0.2) is 0 Å². The molecule has 1 heterocycles. The average molecular weight is 305 g/mol. The molecule has 0 saturated carbocycles. The lowest BCUT2D eigenvalue weighted by molar-refractivity contribution is 0.318. The molecule has 1 aromatic heterocycles. The predicted molar refractivity (Wildman–Crippen MR) is 92.4 cm³/mol. The van der Waals surface area contributed by atoms with Crippen LogP contribution >= 0.6 is 0 Å². The van der Waals surface area contributed by atoms with Crippen LogP contribution in [-0.4, -0.2) is 36.4 Å². The van der Waals surface area contributed by atoms with Gasteiger partial charge in [0.1, 0.15) is 5.75 Å². The first kappa shape index (κ1) is 18.2. The van der Waals surface area contributed by atoms with Crippen LogP contribution in [0.1, 0.15) is 26.7 Å². The highest BCUT2D eigenvalue weighted by molar-refractivity contribution is 5.91. The number of benzene rings is 1. The van der Waals surface area contributed by atoms with Gasteiger partial charge >= 0.3 is 0 Å². The first-order valence-electron chi connectivity index (χ1n) is 7.66. The standard InChI is InChI=1S/C15H21N3O.C2H6O/c1-11(5-3-7-16)18-14-10-13(19-2)9-12-6-4-8-17-15(12)14;1-2-3/h4,6,8-11,18H,3,5,7,16H2,1-2H3;3H,2H2,1H3. The SMILES string of the molecule is CCO.COc1cc(NC(C)CCCN)c2ncccc2c1. The fraction of sp³-hybridized carbons (Fsp3) is 0.471. The molecule has 5 heteroatoms. The van der Waals surface area contributed by atoms with Crippen molar-refractivity contribution in [1.29, 1.82) is 0 Å². The molecule has 1 aromatic carbocycles. The summed E-state index contributed by atoms with van der Waals surface area (Å²) in [7, 11) is 1.68. The van der Waals surface area contributed by atoms with Gasteiger partial charge in [-0.25, -0.2) is 0 Å². The van der Waals surface area contributed by atoms with Crippen LogP contribution < -0.4 is 15.8 Å². The van der Waals surface area contributed by atoms with Crippen molar-refractivity contribution in [2.24, 2.45) is 5.73 Å². The van der Waals surface area contributed by atoms with E-state index in [0.717, 1.165) is 41.7 Å². The molecule has 0 fully saturated rings. The molecule has 0 spiro atoms. The summed E-state index contributed by atoms with van der Waals surface area (Å²) in [6.07, 6.45) is 3.87. The Morgan fingerprint density at radius 2 is 2.14 bits per heavy atom. The third-order valence-corrected chi connectivity index (χ3v) is 3.16. The zero-order chi connectivity index (χ0) is 16.4. The highest BCUT2D eigenvalue weighted by atomic mass is 16.5. The zero-order valence-corrected chi connectivity index (χ0v) is 13.7. The molecule has 0 aliphatic heterocycles. The van der Waals surface area contributed by atoms with E-state index in [9.17, 15) is 0 Å². The van der Waals surface area contributed by atoms with Gasteiger partial charge in [0.2, 0.25) is 0 Å². The van der Waals surface area contributed by atoms with E-state index in [1.807, 2.05) is 30.5 Å². The number of hydrogen-bond acceptors (Lipinski definition) is 5. The minimum atomic E-state index is 0.250. The maximum Gasteiger partial charge on any atom is 0.121 e. The molecule has 122 valence electrons. The third-order valence-electron chi connectivity index (χ3n) is 3.16. The van der Waals surface area contributed by atoms with Crippen molar-refractivity contribution in [3.63, 3.8) is 0 Å². The predicted octanol–water partition coefficient (Wildman–Crippen LogP) is 2.78. The van der Waals surface area contributed by atoms with Crippen molar-refractivity contribution in [2.75, 3.05) is 25.6 Å². The van der Waals surface area contributed by atoms with Gasteiger partial charge in [0.05, 0.1) is 18.3 Å². The Hall–Kier alpha value is -1.85.